The largest absolute Gasteiger partial charge is 0.513 e. The third-order valence-corrected chi connectivity index (χ3v) is 2.10. The summed E-state index contributed by atoms with van der Waals surface area (Å²) in [6, 6.07) is 5.04. The zero-order valence-electron chi connectivity index (χ0n) is 9.62. The number of carbonyl (C=O) groups excluding carboxylic acids is 1. The van der Waals surface area contributed by atoms with Gasteiger partial charge >= 0.3 is 6.16 Å². The number of benzene rings is 1. The fourth-order valence-corrected chi connectivity index (χ4v) is 1.31. The van der Waals surface area contributed by atoms with E-state index in [1.807, 2.05) is 20.8 Å². The molecule has 3 nitrogen and oxygen atoms in total. The van der Waals surface area contributed by atoms with Crippen LogP contribution in [0.4, 0.5) is 4.79 Å². The molecule has 0 saturated heterocycles. The van der Waals surface area contributed by atoms with Gasteiger partial charge in [-0.1, -0.05) is 25.4 Å². The number of carbonyl (C=O) groups is 1. The molecule has 88 valence electrons. The minimum atomic E-state index is -0.681. The van der Waals surface area contributed by atoms with Gasteiger partial charge in [-0.25, -0.2) is 4.79 Å². The Morgan fingerprint density at radius 2 is 2.12 bits per heavy atom. The van der Waals surface area contributed by atoms with Crippen molar-refractivity contribution in [1.29, 1.82) is 0 Å². The van der Waals surface area contributed by atoms with Gasteiger partial charge in [0.1, 0.15) is 5.75 Å². The summed E-state index contributed by atoms with van der Waals surface area (Å²) in [5, 5.41) is 0.611. The molecule has 0 bridgehead atoms. The normalized spacial score (nSPS) is 10.3. The molecular weight excluding hydrogens is 228 g/mol. The molecule has 0 amide bonds. The molecule has 1 aromatic rings. The molecule has 0 atom stereocenters. The summed E-state index contributed by atoms with van der Waals surface area (Å²) in [6.45, 7) is 6.09. The van der Waals surface area contributed by atoms with Crippen LogP contribution in [0.2, 0.25) is 5.02 Å². The van der Waals surface area contributed by atoms with Crippen LogP contribution in [0.1, 0.15) is 19.4 Å². The number of rotatable bonds is 3. The lowest BCUT2D eigenvalue weighted by Crippen LogP contribution is -2.14. The zero-order valence-corrected chi connectivity index (χ0v) is 10.4. The Kier molecular flexibility index (Phi) is 4.62. The molecule has 0 radical (unpaired) electrons. The van der Waals surface area contributed by atoms with Gasteiger partial charge in [-0.05, 0) is 36.6 Å². The quantitative estimate of drug-likeness (QED) is 0.597. The average molecular weight is 243 g/mol. The van der Waals surface area contributed by atoms with Gasteiger partial charge in [-0.15, -0.1) is 0 Å². The summed E-state index contributed by atoms with van der Waals surface area (Å²) in [7, 11) is 0. The van der Waals surface area contributed by atoms with Crippen molar-refractivity contribution in [2.75, 3.05) is 6.61 Å². The molecule has 16 heavy (non-hydrogen) atoms. The smallest absolute Gasteiger partial charge is 0.434 e. The second-order valence-electron chi connectivity index (χ2n) is 3.97. The molecule has 1 rings (SSSR count). The van der Waals surface area contributed by atoms with E-state index in [1.165, 1.54) is 0 Å². The Balaban J connectivity index is 2.56. The van der Waals surface area contributed by atoms with Crippen LogP contribution in [0.25, 0.3) is 0 Å². The molecular formula is C12H15ClO3. The van der Waals surface area contributed by atoms with E-state index < -0.39 is 6.16 Å². The molecule has 0 saturated carbocycles. The Hall–Kier alpha value is -1.22. The molecule has 0 fully saturated rings. The predicted molar refractivity (Wildman–Crippen MR) is 63.0 cm³/mol. The predicted octanol–water partition coefficient (Wildman–Crippen LogP) is 3.82. The highest BCUT2D eigenvalue weighted by atomic mass is 35.5. The highest BCUT2D eigenvalue weighted by molar-refractivity contribution is 6.30. The summed E-state index contributed by atoms with van der Waals surface area (Å²) in [5.74, 6) is 0.761. The Labute approximate surface area is 100 Å². The molecule has 0 aromatic heterocycles. The van der Waals surface area contributed by atoms with Crippen LogP contribution >= 0.6 is 11.6 Å². The number of hydrogen-bond acceptors (Lipinski definition) is 3. The summed E-state index contributed by atoms with van der Waals surface area (Å²) in [5.41, 5.74) is 0.800. The molecule has 0 aliphatic heterocycles. The van der Waals surface area contributed by atoms with Crippen LogP contribution in [0, 0.1) is 12.8 Å². The maximum atomic E-state index is 11.3. The number of aryl methyl sites for hydroxylation is 1. The van der Waals surface area contributed by atoms with E-state index in [0.29, 0.717) is 23.3 Å². The molecule has 1 aromatic carbocycles. The van der Waals surface area contributed by atoms with Crippen molar-refractivity contribution in [1.82, 2.24) is 0 Å². The minimum Gasteiger partial charge on any atom is -0.434 e. The standard InChI is InChI=1S/C12H15ClO3/c1-8(2)7-15-12(14)16-11-5-4-10(13)6-9(11)3/h4-6,8H,7H2,1-3H3. The lowest BCUT2D eigenvalue weighted by atomic mass is 10.2. The van der Waals surface area contributed by atoms with Crippen LogP contribution in [0.15, 0.2) is 18.2 Å². The van der Waals surface area contributed by atoms with E-state index in [9.17, 15) is 4.79 Å². The number of halogens is 1. The first kappa shape index (κ1) is 12.8. The molecule has 0 heterocycles. The molecule has 0 aliphatic rings. The van der Waals surface area contributed by atoms with Gasteiger partial charge in [0.25, 0.3) is 0 Å². The van der Waals surface area contributed by atoms with Gasteiger partial charge < -0.3 is 9.47 Å². The van der Waals surface area contributed by atoms with E-state index >= 15 is 0 Å². The van der Waals surface area contributed by atoms with Gasteiger partial charge in [0, 0.05) is 5.02 Å². The second-order valence-corrected chi connectivity index (χ2v) is 4.40. The van der Waals surface area contributed by atoms with Gasteiger partial charge in [0.05, 0.1) is 6.61 Å². The second kappa shape index (κ2) is 5.75. The summed E-state index contributed by atoms with van der Waals surface area (Å²) >= 11 is 5.78. The highest BCUT2D eigenvalue weighted by Crippen LogP contribution is 2.22. The van der Waals surface area contributed by atoms with Crippen molar-refractivity contribution < 1.29 is 14.3 Å². The maximum absolute atomic E-state index is 11.3. The van der Waals surface area contributed by atoms with Crippen LogP contribution in [0.3, 0.4) is 0 Å². The van der Waals surface area contributed by atoms with Crippen molar-refractivity contribution in [3.8, 4) is 5.75 Å². The van der Waals surface area contributed by atoms with Crippen LogP contribution in [0.5, 0.6) is 5.75 Å². The average Bonchev–Trinajstić information content (AvgIpc) is 2.19. The Bertz CT molecular complexity index is 375. The van der Waals surface area contributed by atoms with Crippen molar-refractivity contribution in [3.05, 3.63) is 28.8 Å². The lowest BCUT2D eigenvalue weighted by Gasteiger charge is -2.09. The first-order valence-electron chi connectivity index (χ1n) is 5.10. The monoisotopic (exact) mass is 242 g/mol. The van der Waals surface area contributed by atoms with Crippen LogP contribution < -0.4 is 4.74 Å². The third kappa shape index (κ3) is 4.11. The zero-order chi connectivity index (χ0) is 12.1. The molecule has 0 spiro atoms. The first-order valence-corrected chi connectivity index (χ1v) is 5.47. The third-order valence-electron chi connectivity index (χ3n) is 1.86. The fraction of sp³-hybridized carbons (Fsp3) is 0.417. The topological polar surface area (TPSA) is 35.5 Å². The van der Waals surface area contributed by atoms with Crippen molar-refractivity contribution >= 4 is 17.8 Å². The maximum Gasteiger partial charge on any atom is 0.513 e. The molecule has 0 N–H and O–H groups in total. The summed E-state index contributed by atoms with van der Waals surface area (Å²) < 4.78 is 9.93. The van der Waals surface area contributed by atoms with E-state index in [-0.39, 0.29) is 0 Å². The van der Waals surface area contributed by atoms with E-state index in [0.717, 1.165) is 5.56 Å². The minimum absolute atomic E-state index is 0.291. The molecule has 4 heteroatoms. The lowest BCUT2D eigenvalue weighted by molar-refractivity contribution is 0.0883. The van der Waals surface area contributed by atoms with Crippen molar-refractivity contribution in [2.24, 2.45) is 5.92 Å². The van der Waals surface area contributed by atoms with Gasteiger partial charge in [0.2, 0.25) is 0 Å². The van der Waals surface area contributed by atoms with E-state index in [2.05, 4.69) is 0 Å². The van der Waals surface area contributed by atoms with Gasteiger partial charge in [-0.3, -0.25) is 0 Å². The highest BCUT2D eigenvalue weighted by Gasteiger charge is 2.09. The van der Waals surface area contributed by atoms with Gasteiger partial charge in [-0.2, -0.15) is 0 Å². The van der Waals surface area contributed by atoms with Gasteiger partial charge in [0.15, 0.2) is 0 Å². The van der Waals surface area contributed by atoms with E-state index in [1.54, 1.807) is 18.2 Å². The van der Waals surface area contributed by atoms with Crippen LogP contribution in [-0.4, -0.2) is 12.8 Å². The summed E-state index contributed by atoms with van der Waals surface area (Å²) in [6.07, 6.45) is -0.681. The van der Waals surface area contributed by atoms with Crippen molar-refractivity contribution in [3.63, 3.8) is 0 Å². The van der Waals surface area contributed by atoms with E-state index in [4.69, 9.17) is 21.1 Å². The van der Waals surface area contributed by atoms with Crippen LogP contribution in [-0.2, 0) is 4.74 Å². The number of ether oxygens (including phenoxy) is 2. The number of hydrogen-bond donors (Lipinski definition) is 0. The van der Waals surface area contributed by atoms with Crippen molar-refractivity contribution in [2.45, 2.75) is 20.8 Å². The molecule has 0 aliphatic carbocycles. The summed E-state index contributed by atoms with van der Waals surface area (Å²) in [4.78, 5) is 11.3. The Morgan fingerprint density at radius 1 is 1.44 bits per heavy atom. The SMILES string of the molecule is Cc1cc(Cl)ccc1OC(=O)OCC(C)C. The first-order chi connectivity index (χ1) is 7.49. The fourth-order valence-electron chi connectivity index (χ4n) is 1.08. The Morgan fingerprint density at radius 3 is 2.69 bits per heavy atom. The molecule has 0 unspecified atom stereocenters.